The largest absolute Gasteiger partial charge is 0.493 e. The number of hydrogen-bond donors (Lipinski definition) is 4. The lowest BCUT2D eigenvalue weighted by Gasteiger charge is -2.05. The number of halogens is 1. The van der Waals surface area contributed by atoms with Gasteiger partial charge in [0.2, 0.25) is 11.8 Å². The van der Waals surface area contributed by atoms with E-state index in [1.54, 1.807) is 18.2 Å². The summed E-state index contributed by atoms with van der Waals surface area (Å²) in [5, 5.41) is 29.5. The Morgan fingerprint density at radius 3 is 2.50 bits per heavy atom. The summed E-state index contributed by atoms with van der Waals surface area (Å²) in [5.74, 6) is -2.03. The first-order valence-corrected chi connectivity index (χ1v) is 9.99. The molecule has 9 nitrogen and oxygen atoms in total. The molecule has 0 fully saturated rings. The van der Waals surface area contributed by atoms with Gasteiger partial charge in [0, 0.05) is 33.0 Å². The summed E-state index contributed by atoms with van der Waals surface area (Å²) in [5.41, 5.74) is 1.60. The number of aromatic amines is 1. The summed E-state index contributed by atoms with van der Waals surface area (Å²) in [6.07, 6.45) is 0.267. The molecule has 3 rings (SSSR count). The summed E-state index contributed by atoms with van der Waals surface area (Å²) >= 11 is 2.14. The molecule has 10 heteroatoms. The second-order valence-corrected chi connectivity index (χ2v) is 7.64. The van der Waals surface area contributed by atoms with Gasteiger partial charge in [-0.1, -0.05) is 0 Å². The number of amides is 2. The Kier molecular flexibility index (Phi) is 6.77. The highest BCUT2D eigenvalue weighted by atomic mass is 127. The molecule has 1 heterocycles. The number of H-pyrrole nitrogens is 1. The number of aromatic hydroxyl groups is 1. The molecule has 30 heavy (non-hydrogen) atoms. The van der Waals surface area contributed by atoms with Gasteiger partial charge in [0.25, 0.3) is 5.91 Å². The second kappa shape index (κ2) is 9.48. The Bertz CT molecular complexity index is 1140. The number of anilines is 1. The number of hydrogen-bond acceptors (Lipinski definition) is 5. The van der Waals surface area contributed by atoms with E-state index in [-0.39, 0.29) is 42.3 Å². The van der Waals surface area contributed by atoms with Crippen molar-refractivity contribution in [1.82, 2.24) is 4.98 Å². The molecular weight excluding hydrogens is 503 g/mol. The molecule has 3 aromatic rings. The Balaban J connectivity index is 1.65. The normalized spacial score (nSPS) is 11.1. The first-order valence-electron chi connectivity index (χ1n) is 8.91. The molecule has 0 atom stereocenters. The molecule has 0 aliphatic heterocycles. The molecule has 0 bridgehead atoms. The summed E-state index contributed by atoms with van der Waals surface area (Å²) < 4.78 is 0.947. The quantitative estimate of drug-likeness (QED) is 0.266. The lowest BCUT2D eigenvalue weighted by atomic mass is 10.2. The van der Waals surface area contributed by atoms with Crippen LogP contribution in [0.15, 0.2) is 52.7 Å². The number of benzene rings is 2. The molecule has 0 unspecified atom stereocenters. The number of rotatable bonds is 7. The Hall–Kier alpha value is -3.28. The Morgan fingerprint density at radius 1 is 1.07 bits per heavy atom. The van der Waals surface area contributed by atoms with Crippen LogP contribution in [0, 0.1) is 3.57 Å². The Labute approximate surface area is 184 Å². The van der Waals surface area contributed by atoms with Gasteiger partial charge in [-0.05, 0) is 71.5 Å². The number of nitrogens with one attached hydrogen (secondary N) is 2. The molecule has 2 amide bonds. The highest BCUT2D eigenvalue weighted by molar-refractivity contribution is 14.1. The van der Waals surface area contributed by atoms with Crippen molar-refractivity contribution in [3.05, 3.63) is 51.6 Å². The van der Waals surface area contributed by atoms with Crippen LogP contribution in [0.3, 0.4) is 0 Å². The van der Waals surface area contributed by atoms with Crippen LogP contribution in [0.1, 0.15) is 29.6 Å². The highest BCUT2D eigenvalue weighted by Crippen LogP contribution is 2.36. The Morgan fingerprint density at radius 2 is 1.80 bits per heavy atom. The topological polar surface area (TPSA) is 144 Å². The lowest BCUT2D eigenvalue weighted by Crippen LogP contribution is -2.12. The number of carbonyl (C=O) groups is 3. The van der Waals surface area contributed by atoms with Gasteiger partial charge in [-0.2, -0.15) is 0 Å². The van der Waals surface area contributed by atoms with Gasteiger partial charge in [0.15, 0.2) is 5.69 Å². The zero-order valence-corrected chi connectivity index (χ0v) is 17.7. The van der Waals surface area contributed by atoms with Crippen LogP contribution in [-0.4, -0.2) is 33.0 Å². The number of carboxylic acid groups (broad SMARTS) is 1. The number of aromatic nitrogens is 1. The van der Waals surface area contributed by atoms with E-state index in [4.69, 9.17) is 5.11 Å². The number of azo groups is 1. The summed E-state index contributed by atoms with van der Waals surface area (Å²) in [4.78, 5) is 37.3. The van der Waals surface area contributed by atoms with Crippen LogP contribution in [0.4, 0.5) is 11.4 Å². The van der Waals surface area contributed by atoms with E-state index in [0.29, 0.717) is 16.6 Å². The van der Waals surface area contributed by atoms with Crippen molar-refractivity contribution in [3.63, 3.8) is 0 Å². The van der Waals surface area contributed by atoms with Crippen LogP contribution in [0.25, 0.3) is 10.9 Å². The third kappa shape index (κ3) is 5.41. The predicted molar refractivity (Wildman–Crippen MR) is 118 cm³/mol. The fourth-order valence-corrected chi connectivity index (χ4v) is 3.20. The zero-order chi connectivity index (χ0) is 21.7. The van der Waals surface area contributed by atoms with Crippen LogP contribution in [-0.2, 0) is 9.59 Å². The van der Waals surface area contributed by atoms with Gasteiger partial charge in [-0.15, -0.1) is 10.2 Å². The molecular formula is C20H17IN4O5. The lowest BCUT2D eigenvalue weighted by molar-refractivity contribution is -0.137. The maximum Gasteiger partial charge on any atom is 0.303 e. The number of aliphatic carboxylic acids is 1. The van der Waals surface area contributed by atoms with Crippen molar-refractivity contribution in [1.29, 1.82) is 0 Å². The van der Waals surface area contributed by atoms with Crippen molar-refractivity contribution in [3.8, 4) is 5.88 Å². The van der Waals surface area contributed by atoms with Crippen LogP contribution >= 0.6 is 22.6 Å². The summed E-state index contributed by atoms with van der Waals surface area (Å²) in [6, 6.07) is 11.6. The van der Waals surface area contributed by atoms with Gasteiger partial charge < -0.3 is 20.5 Å². The van der Waals surface area contributed by atoms with Crippen molar-refractivity contribution < 1.29 is 24.6 Å². The van der Waals surface area contributed by atoms with Crippen molar-refractivity contribution in [2.75, 3.05) is 5.32 Å². The predicted octanol–water partition coefficient (Wildman–Crippen LogP) is 4.60. The molecule has 0 saturated heterocycles. The third-order valence-corrected chi connectivity index (χ3v) is 4.84. The molecule has 0 aliphatic carbocycles. The van der Waals surface area contributed by atoms with E-state index in [2.05, 4.69) is 43.1 Å². The maximum absolute atomic E-state index is 12.3. The fourth-order valence-electron chi connectivity index (χ4n) is 2.71. The van der Waals surface area contributed by atoms with E-state index < -0.39 is 11.9 Å². The van der Waals surface area contributed by atoms with Gasteiger partial charge in [-0.3, -0.25) is 14.4 Å². The molecule has 0 aliphatic rings. The minimum atomic E-state index is -0.949. The average molecular weight is 520 g/mol. The van der Waals surface area contributed by atoms with E-state index in [1.807, 2.05) is 12.1 Å². The molecule has 0 spiro atoms. The number of fused-ring (bicyclic) bond motifs is 1. The molecule has 0 saturated carbocycles. The summed E-state index contributed by atoms with van der Waals surface area (Å²) in [6.45, 7) is 0. The van der Waals surface area contributed by atoms with Gasteiger partial charge in [-0.25, -0.2) is 0 Å². The first kappa shape index (κ1) is 21.4. The number of carbonyl (C=O) groups excluding carboxylic acids is 2. The maximum atomic E-state index is 12.3. The van der Waals surface area contributed by atoms with Gasteiger partial charge in [0.1, 0.15) is 0 Å². The van der Waals surface area contributed by atoms with Gasteiger partial charge >= 0.3 is 5.97 Å². The molecule has 154 valence electrons. The minimum Gasteiger partial charge on any atom is -0.493 e. The summed E-state index contributed by atoms with van der Waals surface area (Å²) in [7, 11) is 0. The van der Waals surface area contributed by atoms with Crippen LogP contribution in [0.2, 0.25) is 0 Å². The van der Waals surface area contributed by atoms with Crippen molar-refractivity contribution in [2.45, 2.75) is 19.3 Å². The highest BCUT2D eigenvalue weighted by Gasteiger charge is 2.12. The second-order valence-electron chi connectivity index (χ2n) is 6.39. The number of nitrogens with zero attached hydrogens (tertiary/aromatic N) is 2. The van der Waals surface area contributed by atoms with Crippen molar-refractivity contribution >= 4 is 62.7 Å². The van der Waals surface area contributed by atoms with E-state index in [0.717, 1.165) is 3.57 Å². The molecule has 1 aromatic heterocycles. The average Bonchev–Trinajstić information content (AvgIpc) is 3.00. The molecule has 2 aromatic carbocycles. The monoisotopic (exact) mass is 520 g/mol. The van der Waals surface area contributed by atoms with E-state index in [9.17, 15) is 19.5 Å². The van der Waals surface area contributed by atoms with E-state index in [1.165, 1.54) is 12.1 Å². The zero-order valence-electron chi connectivity index (χ0n) is 15.6. The van der Waals surface area contributed by atoms with Gasteiger partial charge in [0.05, 0.1) is 5.52 Å². The van der Waals surface area contributed by atoms with Crippen LogP contribution < -0.4 is 5.32 Å². The van der Waals surface area contributed by atoms with Crippen molar-refractivity contribution in [2.24, 2.45) is 10.2 Å². The molecule has 0 radical (unpaired) electrons. The fraction of sp³-hybridized carbons (Fsp3) is 0.150. The number of carboxylic acids is 1. The third-order valence-electron chi connectivity index (χ3n) is 4.17. The molecule has 4 N–H and O–H groups in total. The minimum absolute atomic E-state index is 0.0724. The first-order chi connectivity index (χ1) is 14.3. The SMILES string of the molecule is O=C(O)CCCC(=O)Nc1ccc(C(=O)N=Nc2c(O)[nH]c3ccc(I)cc23)cc1. The van der Waals surface area contributed by atoms with Crippen LogP contribution in [0.5, 0.6) is 5.88 Å². The smallest absolute Gasteiger partial charge is 0.303 e. The standard InChI is InChI=1S/C20H17IN4O5/c21-12-6-9-15-14(10-12)18(20(30)23-15)24-25-19(29)11-4-7-13(8-5-11)22-16(26)2-1-3-17(27)28/h4-10,23,30H,1-3H2,(H,22,26)(H,27,28). The van der Waals surface area contributed by atoms with E-state index >= 15 is 0 Å².